The molecule has 2 saturated heterocycles. The third-order valence-electron chi connectivity index (χ3n) is 6.69. The first-order chi connectivity index (χ1) is 16.5. The Hall–Kier alpha value is -2.62. The first kappa shape index (κ1) is 24.5. The summed E-state index contributed by atoms with van der Waals surface area (Å²) >= 11 is 0. The highest BCUT2D eigenvalue weighted by molar-refractivity contribution is 7.89. The minimum absolute atomic E-state index is 0.0953. The van der Waals surface area contributed by atoms with Crippen molar-refractivity contribution < 1.29 is 17.9 Å². The quantitative estimate of drug-likeness (QED) is 0.599. The van der Waals surface area contributed by atoms with Gasteiger partial charge in [0.1, 0.15) is 5.75 Å². The number of hydrogen-bond donors (Lipinski definition) is 2. The van der Waals surface area contributed by atoms with Crippen molar-refractivity contribution in [3.05, 3.63) is 60.2 Å². The van der Waals surface area contributed by atoms with E-state index >= 15 is 0 Å². The summed E-state index contributed by atoms with van der Waals surface area (Å²) in [6, 6.07) is 16.3. The van der Waals surface area contributed by atoms with Gasteiger partial charge in [-0.15, -0.1) is 0 Å². The molecular weight excluding hydrogens is 452 g/mol. The Kier molecular flexibility index (Phi) is 8.07. The van der Waals surface area contributed by atoms with E-state index in [0.717, 1.165) is 24.4 Å². The third-order valence-corrected chi connectivity index (χ3v) is 8.22. The number of piperidine rings is 1. The monoisotopic (exact) mass is 486 g/mol. The number of methoxy groups -OCH3 is 1. The van der Waals surface area contributed by atoms with E-state index < -0.39 is 10.0 Å². The molecule has 1 atom stereocenters. The van der Waals surface area contributed by atoms with Gasteiger partial charge in [-0.1, -0.05) is 30.3 Å². The molecule has 8 nitrogen and oxygen atoms in total. The van der Waals surface area contributed by atoms with E-state index in [1.165, 1.54) is 12.8 Å². The molecule has 2 aliphatic rings. The maximum absolute atomic E-state index is 12.9. The summed E-state index contributed by atoms with van der Waals surface area (Å²) in [5.74, 6) is 0.818. The highest BCUT2D eigenvalue weighted by Gasteiger charge is 2.28. The molecule has 4 rings (SSSR count). The summed E-state index contributed by atoms with van der Waals surface area (Å²) in [5.41, 5.74) is 1.16. The highest BCUT2D eigenvalue weighted by atomic mass is 32.2. The lowest BCUT2D eigenvalue weighted by Gasteiger charge is -2.33. The fourth-order valence-corrected chi connectivity index (χ4v) is 6.05. The zero-order valence-electron chi connectivity index (χ0n) is 19.7. The molecule has 2 amide bonds. The van der Waals surface area contributed by atoms with E-state index in [1.807, 2.05) is 12.1 Å². The van der Waals surface area contributed by atoms with Crippen molar-refractivity contribution in [2.75, 3.05) is 39.8 Å². The van der Waals surface area contributed by atoms with Crippen LogP contribution in [0, 0.1) is 0 Å². The van der Waals surface area contributed by atoms with E-state index in [9.17, 15) is 13.2 Å². The number of urea groups is 1. The zero-order valence-corrected chi connectivity index (χ0v) is 20.5. The first-order valence-electron chi connectivity index (χ1n) is 11.9. The summed E-state index contributed by atoms with van der Waals surface area (Å²) in [7, 11) is -1.89. The Balaban J connectivity index is 1.30. The summed E-state index contributed by atoms with van der Waals surface area (Å²) in [4.78, 5) is 17.4. The molecule has 0 spiro atoms. The number of likely N-dealkylation sites (tertiary alicyclic amines) is 2. The lowest BCUT2D eigenvalue weighted by atomic mass is 10.0. The molecule has 2 heterocycles. The van der Waals surface area contributed by atoms with Crippen LogP contribution in [0.3, 0.4) is 0 Å². The van der Waals surface area contributed by atoms with Crippen molar-refractivity contribution in [1.29, 1.82) is 0 Å². The van der Waals surface area contributed by atoms with Gasteiger partial charge >= 0.3 is 6.03 Å². The molecule has 1 unspecified atom stereocenters. The topological polar surface area (TPSA) is 91.0 Å². The van der Waals surface area contributed by atoms with Gasteiger partial charge in [0, 0.05) is 25.7 Å². The van der Waals surface area contributed by atoms with Gasteiger partial charge in [-0.05, 0) is 68.6 Å². The van der Waals surface area contributed by atoms with Crippen LogP contribution in [0.15, 0.2) is 59.5 Å². The first-order valence-corrected chi connectivity index (χ1v) is 13.4. The van der Waals surface area contributed by atoms with Crippen molar-refractivity contribution in [2.45, 2.75) is 42.7 Å². The van der Waals surface area contributed by atoms with Crippen LogP contribution in [0.1, 0.15) is 37.3 Å². The molecule has 0 radical (unpaired) electrons. The Labute approximate surface area is 202 Å². The van der Waals surface area contributed by atoms with Crippen LogP contribution in [0.2, 0.25) is 0 Å². The fraction of sp³-hybridized carbons (Fsp3) is 0.480. The Morgan fingerprint density at radius 3 is 2.26 bits per heavy atom. The zero-order chi connectivity index (χ0) is 24.0. The second kappa shape index (κ2) is 11.2. The van der Waals surface area contributed by atoms with Crippen LogP contribution in [0.5, 0.6) is 5.75 Å². The van der Waals surface area contributed by atoms with Gasteiger partial charge in [0.05, 0.1) is 18.0 Å². The molecule has 2 aliphatic heterocycles. The normalized spacial score (nSPS) is 18.6. The van der Waals surface area contributed by atoms with Gasteiger partial charge in [-0.25, -0.2) is 17.9 Å². The van der Waals surface area contributed by atoms with E-state index in [2.05, 4.69) is 27.1 Å². The third kappa shape index (κ3) is 6.08. The number of carbonyl (C=O) groups is 1. The highest BCUT2D eigenvalue weighted by Crippen LogP contribution is 2.26. The Bertz CT molecular complexity index is 1030. The van der Waals surface area contributed by atoms with Crippen molar-refractivity contribution in [3.8, 4) is 5.75 Å². The van der Waals surface area contributed by atoms with Gasteiger partial charge in [-0.3, -0.25) is 4.90 Å². The van der Waals surface area contributed by atoms with Gasteiger partial charge in [0.15, 0.2) is 0 Å². The molecule has 0 bridgehead atoms. The smallest absolute Gasteiger partial charge is 0.317 e. The molecular formula is C25H34N4O4S. The maximum Gasteiger partial charge on any atom is 0.317 e. The molecule has 9 heteroatoms. The number of hydrogen-bond acceptors (Lipinski definition) is 5. The molecule has 0 aliphatic carbocycles. The molecule has 2 aromatic rings. The van der Waals surface area contributed by atoms with E-state index in [4.69, 9.17) is 4.74 Å². The maximum atomic E-state index is 12.9. The standard InChI is InChI=1S/C25H34N4O4S/c1-33-22-11-9-20(10-12-22)24(28-15-5-6-16-28)19-26-25(30)29-17-13-21(14-18-29)27-34(31,32)23-7-3-2-4-8-23/h2-4,7-12,21,24,27H,5-6,13-19H2,1H3,(H,26,30). The molecule has 0 aromatic heterocycles. The van der Waals surface area contributed by atoms with Crippen molar-refractivity contribution >= 4 is 16.1 Å². The number of carbonyl (C=O) groups excluding carboxylic acids is 1. The molecule has 2 N–H and O–H groups in total. The van der Waals surface area contributed by atoms with E-state index in [0.29, 0.717) is 32.5 Å². The minimum Gasteiger partial charge on any atom is -0.497 e. The number of benzene rings is 2. The van der Waals surface area contributed by atoms with E-state index in [1.54, 1.807) is 42.3 Å². The molecule has 0 saturated carbocycles. The Morgan fingerprint density at radius 1 is 1.00 bits per heavy atom. The number of ether oxygens (including phenoxy) is 1. The van der Waals surface area contributed by atoms with Gasteiger partial charge < -0.3 is 15.0 Å². The number of rotatable bonds is 8. The molecule has 2 aromatic carbocycles. The summed E-state index contributed by atoms with van der Waals surface area (Å²) in [6.07, 6.45) is 3.53. The van der Waals surface area contributed by atoms with Crippen LogP contribution < -0.4 is 14.8 Å². The van der Waals surface area contributed by atoms with Crippen LogP contribution >= 0.6 is 0 Å². The average molecular weight is 487 g/mol. The van der Waals surface area contributed by atoms with Crippen molar-refractivity contribution in [2.24, 2.45) is 0 Å². The van der Waals surface area contributed by atoms with Gasteiger partial charge in [0.25, 0.3) is 0 Å². The van der Waals surface area contributed by atoms with Gasteiger partial charge in [0.2, 0.25) is 10.0 Å². The lowest BCUT2D eigenvalue weighted by molar-refractivity contribution is 0.173. The molecule has 184 valence electrons. The second-order valence-electron chi connectivity index (χ2n) is 8.91. The van der Waals surface area contributed by atoms with Crippen LogP contribution in [-0.4, -0.2) is 70.1 Å². The summed E-state index contributed by atoms with van der Waals surface area (Å²) < 4.78 is 33.2. The second-order valence-corrected chi connectivity index (χ2v) is 10.6. The molecule has 2 fully saturated rings. The summed E-state index contributed by atoms with van der Waals surface area (Å²) in [5, 5.41) is 3.12. The minimum atomic E-state index is -3.55. The number of nitrogens with zero attached hydrogens (tertiary/aromatic N) is 2. The number of amides is 2. The van der Waals surface area contributed by atoms with Gasteiger partial charge in [-0.2, -0.15) is 0 Å². The molecule has 34 heavy (non-hydrogen) atoms. The number of nitrogens with one attached hydrogen (secondary N) is 2. The predicted molar refractivity (Wildman–Crippen MR) is 131 cm³/mol. The average Bonchev–Trinajstić information content (AvgIpc) is 3.40. The van der Waals surface area contributed by atoms with Crippen LogP contribution in [0.4, 0.5) is 4.79 Å². The van der Waals surface area contributed by atoms with Crippen molar-refractivity contribution in [3.63, 3.8) is 0 Å². The van der Waals surface area contributed by atoms with Crippen molar-refractivity contribution in [1.82, 2.24) is 19.8 Å². The fourth-order valence-electron chi connectivity index (χ4n) is 4.72. The predicted octanol–water partition coefficient (Wildman–Crippen LogP) is 2.98. The SMILES string of the molecule is COc1ccc(C(CNC(=O)N2CCC(NS(=O)(=O)c3ccccc3)CC2)N2CCCC2)cc1. The van der Waals surface area contributed by atoms with Crippen LogP contribution in [0.25, 0.3) is 0 Å². The Morgan fingerprint density at radius 2 is 1.65 bits per heavy atom. The largest absolute Gasteiger partial charge is 0.497 e. The lowest BCUT2D eigenvalue weighted by Crippen LogP contribution is -2.50. The van der Waals surface area contributed by atoms with E-state index in [-0.39, 0.29) is 23.0 Å². The summed E-state index contributed by atoms with van der Waals surface area (Å²) in [6.45, 7) is 3.63. The van der Waals surface area contributed by atoms with Crippen LogP contribution in [-0.2, 0) is 10.0 Å². The number of sulfonamides is 1.